The summed E-state index contributed by atoms with van der Waals surface area (Å²) in [5.41, 5.74) is 0. The molecular weight excluding hydrogens is 973 g/mol. The molecule has 0 aliphatic carbocycles. The summed E-state index contributed by atoms with van der Waals surface area (Å²) in [6.45, 7) is 6.47. The fourth-order valence-electron chi connectivity index (χ4n) is 9.50. The molecule has 0 aliphatic rings. The van der Waals surface area contributed by atoms with Crippen LogP contribution >= 0.6 is 0 Å². The molecular formula is C73H126O6. The number of carbonyl (C=O) groups excluding carboxylic acids is 3. The molecule has 0 saturated carbocycles. The van der Waals surface area contributed by atoms with Crippen molar-refractivity contribution in [1.82, 2.24) is 0 Å². The van der Waals surface area contributed by atoms with Crippen LogP contribution in [0.15, 0.2) is 97.2 Å². The van der Waals surface area contributed by atoms with Crippen molar-refractivity contribution < 1.29 is 28.6 Å². The Morgan fingerprint density at radius 1 is 0.266 bits per heavy atom. The highest BCUT2D eigenvalue weighted by atomic mass is 16.6. The van der Waals surface area contributed by atoms with Gasteiger partial charge in [0.2, 0.25) is 0 Å². The lowest BCUT2D eigenvalue weighted by atomic mass is 10.0. The van der Waals surface area contributed by atoms with Gasteiger partial charge >= 0.3 is 17.9 Å². The first-order chi connectivity index (χ1) is 39.0. The standard InChI is InChI=1S/C73H126O6/c1-4-7-10-13-16-19-22-25-27-29-31-33-35-36-38-39-41-43-45-48-51-54-57-60-63-66-72(75)78-69-70(68-77-71(74)65-62-59-56-53-50-47-24-21-18-15-12-9-6-3)79-73(76)67-64-61-58-55-52-49-46-44-42-40-37-34-32-30-28-26-23-20-17-14-11-8-5-2/h7,10,12,15-16,19,21,23-27,30-33,70H,4-6,8-9,11,13-14,17-18,20,22,28-29,34-69H2,1-3H3/b10-7-,15-12-,19-16-,24-21-,26-23-,27-25-,32-30-,33-31-. The van der Waals surface area contributed by atoms with Crippen LogP contribution in [0.3, 0.4) is 0 Å². The van der Waals surface area contributed by atoms with Crippen LogP contribution in [0.1, 0.15) is 329 Å². The van der Waals surface area contributed by atoms with E-state index in [0.29, 0.717) is 19.3 Å². The third-order valence-electron chi connectivity index (χ3n) is 14.5. The second-order valence-electron chi connectivity index (χ2n) is 22.3. The summed E-state index contributed by atoms with van der Waals surface area (Å²) < 4.78 is 16.9. The molecule has 0 bridgehead atoms. The zero-order chi connectivity index (χ0) is 57.1. The number of allylic oxidation sites excluding steroid dienone is 16. The summed E-state index contributed by atoms with van der Waals surface area (Å²) >= 11 is 0. The zero-order valence-electron chi connectivity index (χ0n) is 52.1. The van der Waals surface area contributed by atoms with E-state index in [1.165, 1.54) is 167 Å². The zero-order valence-corrected chi connectivity index (χ0v) is 52.1. The van der Waals surface area contributed by atoms with Crippen molar-refractivity contribution in [2.24, 2.45) is 0 Å². The van der Waals surface area contributed by atoms with E-state index >= 15 is 0 Å². The Kier molecular flexibility index (Phi) is 63.7. The molecule has 0 aromatic carbocycles. The van der Waals surface area contributed by atoms with E-state index in [1.54, 1.807) is 0 Å². The van der Waals surface area contributed by atoms with Gasteiger partial charge in [0.05, 0.1) is 0 Å². The molecule has 0 saturated heterocycles. The molecule has 0 radical (unpaired) electrons. The SMILES string of the molecule is CC/C=C\C/C=C\C/C=C\C/C=C\CCCCCCCCCCCCCCC(=O)OCC(COC(=O)CCCCCCC/C=C\C/C=C\CCC)OC(=O)CCCCCCCCCCCCC/C=C\C/C=C\CCCCCCC. The van der Waals surface area contributed by atoms with Crippen LogP contribution in [0.25, 0.3) is 0 Å². The van der Waals surface area contributed by atoms with E-state index in [2.05, 4.69) is 118 Å². The first kappa shape index (κ1) is 75.3. The number of esters is 3. The molecule has 0 rings (SSSR count). The monoisotopic (exact) mass is 1100 g/mol. The molecule has 79 heavy (non-hydrogen) atoms. The first-order valence-electron chi connectivity index (χ1n) is 33.7. The summed E-state index contributed by atoms with van der Waals surface area (Å²) in [7, 11) is 0. The molecule has 1 atom stereocenters. The van der Waals surface area contributed by atoms with Crippen LogP contribution < -0.4 is 0 Å². The minimum absolute atomic E-state index is 0.0825. The van der Waals surface area contributed by atoms with Crippen molar-refractivity contribution in [3.8, 4) is 0 Å². The van der Waals surface area contributed by atoms with Crippen molar-refractivity contribution >= 4 is 17.9 Å². The van der Waals surface area contributed by atoms with Crippen LogP contribution in [-0.4, -0.2) is 37.2 Å². The molecule has 6 nitrogen and oxygen atoms in total. The van der Waals surface area contributed by atoms with E-state index in [0.717, 1.165) is 122 Å². The van der Waals surface area contributed by atoms with E-state index < -0.39 is 6.10 Å². The lowest BCUT2D eigenvalue weighted by Crippen LogP contribution is -2.30. The molecule has 0 N–H and O–H groups in total. The van der Waals surface area contributed by atoms with Gasteiger partial charge in [0.1, 0.15) is 13.2 Å². The molecule has 0 aromatic rings. The summed E-state index contributed by atoms with van der Waals surface area (Å²) in [5.74, 6) is -0.888. The average Bonchev–Trinajstić information content (AvgIpc) is 3.45. The highest BCUT2D eigenvalue weighted by Crippen LogP contribution is 2.17. The van der Waals surface area contributed by atoms with Crippen LogP contribution in [-0.2, 0) is 28.6 Å². The lowest BCUT2D eigenvalue weighted by molar-refractivity contribution is -0.167. The molecule has 0 amide bonds. The quantitative estimate of drug-likeness (QED) is 0.0261. The van der Waals surface area contributed by atoms with E-state index in [-0.39, 0.29) is 31.1 Å². The van der Waals surface area contributed by atoms with Crippen LogP contribution in [0, 0.1) is 0 Å². The fourth-order valence-corrected chi connectivity index (χ4v) is 9.50. The summed E-state index contributed by atoms with van der Waals surface area (Å²) in [6.07, 6.45) is 89.9. The number of unbranched alkanes of at least 4 members (excludes halogenated alkanes) is 34. The Labute approximate surface area is 489 Å². The van der Waals surface area contributed by atoms with Crippen LogP contribution in [0.4, 0.5) is 0 Å². The van der Waals surface area contributed by atoms with Gasteiger partial charge in [-0.1, -0.05) is 291 Å². The smallest absolute Gasteiger partial charge is 0.306 e. The second kappa shape index (κ2) is 66.8. The number of hydrogen-bond donors (Lipinski definition) is 0. The molecule has 1 unspecified atom stereocenters. The number of carbonyl (C=O) groups is 3. The molecule has 0 fully saturated rings. The normalized spacial score (nSPS) is 12.7. The molecule has 6 heteroatoms. The minimum atomic E-state index is -0.787. The molecule has 0 spiro atoms. The van der Waals surface area contributed by atoms with E-state index in [9.17, 15) is 14.4 Å². The maximum Gasteiger partial charge on any atom is 0.306 e. The van der Waals surface area contributed by atoms with Gasteiger partial charge in [-0.15, -0.1) is 0 Å². The van der Waals surface area contributed by atoms with Crippen molar-refractivity contribution in [2.45, 2.75) is 335 Å². The fraction of sp³-hybridized carbons (Fsp3) is 0.740. The Hall–Kier alpha value is -3.67. The molecule has 454 valence electrons. The highest BCUT2D eigenvalue weighted by molar-refractivity contribution is 5.71. The summed E-state index contributed by atoms with van der Waals surface area (Å²) in [4.78, 5) is 38.4. The van der Waals surface area contributed by atoms with Crippen molar-refractivity contribution in [1.29, 1.82) is 0 Å². The van der Waals surface area contributed by atoms with Crippen molar-refractivity contribution in [3.63, 3.8) is 0 Å². The number of ether oxygens (including phenoxy) is 3. The van der Waals surface area contributed by atoms with Gasteiger partial charge in [0, 0.05) is 19.3 Å². The molecule has 0 aromatic heterocycles. The average molecular weight is 1100 g/mol. The van der Waals surface area contributed by atoms with Gasteiger partial charge < -0.3 is 14.2 Å². The largest absolute Gasteiger partial charge is 0.462 e. The van der Waals surface area contributed by atoms with Gasteiger partial charge in [-0.3, -0.25) is 14.4 Å². The van der Waals surface area contributed by atoms with Crippen LogP contribution in [0.5, 0.6) is 0 Å². The second-order valence-corrected chi connectivity index (χ2v) is 22.3. The summed E-state index contributed by atoms with van der Waals surface area (Å²) in [6, 6.07) is 0. The Morgan fingerprint density at radius 3 is 0.823 bits per heavy atom. The maximum atomic E-state index is 12.9. The predicted molar refractivity (Wildman–Crippen MR) is 344 cm³/mol. The first-order valence-corrected chi connectivity index (χ1v) is 33.7. The topological polar surface area (TPSA) is 78.9 Å². The number of rotatable bonds is 61. The Morgan fingerprint density at radius 2 is 0.519 bits per heavy atom. The van der Waals surface area contributed by atoms with E-state index in [1.807, 2.05) is 0 Å². The van der Waals surface area contributed by atoms with E-state index in [4.69, 9.17) is 14.2 Å². The summed E-state index contributed by atoms with van der Waals surface area (Å²) in [5, 5.41) is 0. The molecule has 0 aliphatic heterocycles. The third-order valence-corrected chi connectivity index (χ3v) is 14.5. The lowest BCUT2D eigenvalue weighted by Gasteiger charge is -2.18. The van der Waals surface area contributed by atoms with Crippen LogP contribution in [0.2, 0.25) is 0 Å². The van der Waals surface area contributed by atoms with Gasteiger partial charge in [-0.05, 0) is 116 Å². The Bertz CT molecular complexity index is 1540. The van der Waals surface area contributed by atoms with Gasteiger partial charge in [-0.25, -0.2) is 0 Å². The maximum absolute atomic E-state index is 12.9. The third kappa shape index (κ3) is 65.0. The van der Waals surface area contributed by atoms with Crippen molar-refractivity contribution in [3.05, 3.63) is 97.2 Å². The van der Waals surface area contributed by atoms with Gasteiger partial charge in [0.25, 0.3) is 0 Å². The van der Waals surface area contributed by atoms with Gasteiger partial charge in [-0.2, -0.15) is 0 Å². The van der Waals surface area contributed by atoms with Gasteiger partial charge in [0.15, 0.2) is 6.10 Å². The minimum Gasteiger partial charge on any atom is -0.462 e. The Balaban J connectivity index is 4.30. The highest BCUT2D eigenvalue weighted by Gasteiger charge is 2.19. The predicted octanol–water partition coefficient (Wildman–Crippen LogP) is 23.2. The molecule has 0 heterocycles. The van der Waals surface area contributed by atoms with Crippen molar-refractivity contribution in [2.75, 3.05) is 13.2 Å². The number of hydrogen-bond acceptors (Lipinski definition) is 6.